The summed E-state index contributed by atoms with van der Waals surface area (Å²) in [7, 11) is 0. The average Bonchev–Trinajstić information content (AvgIpc) is 3.05. The van der Waals surface area contributed by atoms with Gasteiger partial charge in [-0.2, -0.15) is 0 Å². The van der Waals surface area contributed by atoms with Crippen LogP contribution in [0.2, 0.25) is 0 Å². The molecule has 1 aliphatic carbocycles. The molecule has 2 aliphatic rings. The minimum atomic E-state index is 0.0304. The van der Waals surface area contributed by atoms with Crippen LogP contribution in [0.4, 0.5) is 0 Å². The summed E-state index contributed by atoms with van der Waals surface area (Å²) in [5.74, 6) is 0.770. The Kier molecular flexibility index (Phi) is 5.56. The maximum absolute atomic E-state index is 12.7. The van der Waals surface area contributed by atoms with E-state index in [1.807, 2.05) is 6.08 Å². The number of aromatic amines is 1. The zero-order valence-corrected chi connectivity index (χ0v) is 17.1. The quantitative estimate of drug-likeness (QED) is 0.602. The zero-order valence-electron chi connectivity index (χ0n) is 15.4. The summed E-state index contributed by atoms with van der Waals surface area (Å²) in [5, 5.41) is 4.80. The lowest BCUT2D eigenvalue weighted by molar-refractivity contribution is 0.171. The van der Waals surface area contributed by atoms with Crippen LogP contribution < -0.4 is 10.9 Å². The van der Waals surface area contributed by atoms with E-state index >= 15 is 0 Å². The molecule has 0 radical (unpaired) electrons. The summed E-state index contributed by atoms with van der Waals surface area (Å²) in [6, 6.07) is 0. The largest absolute Gasteiger partial charge is 0.359 e. The molecule has 144 valence electrons. The minimum absolute atomic E-state index is 0.0304. The van der Waals surface area contributed by atoms with E-state index in [0.29, 0.717) is 13.1 Å². The van der Waals surface area contributed by atoms with Crippen LogP contribution in [0.3, 0.4) is 0 Å². The standard InChI is InChI=1S/C19H25N5OS2/c1-2-7-20-19(26)24-10-8-23(9-11-24)12-15-21-17(25)16-13-5-3-4-6-14(13)27-18(16)22-15/h2H,1,3-12H2,(H,20,26)(H,21,22,25). The van der Waals surface area contributed by atoms with Gasteiger partial charge in [0.2, 0.25) is 0 Å². The van der Waals surface area contributed by atoms with Crippen molar-refractivity contribution < 1.29 is 0 Å². The molecule has 2 aromatic rings. The van der Waals surface area contributed by atoms with Gasteiger partial charge in [0.1, 0.15) is 10.7 Å². The molecule has 27 heavy (non-hydrogen) atoms. The molecular formula is C19H25N5OS2. The number of nitrogens with zero attached hydrogens (tertiary/aromatic N) is 3. The van der Waals surface area contributed by atoms with Crippen LogP contribution in [0.25, 0.3) is 10.2 Å². The average molecular weight is 404 g/mol. The Morgan fingerprint density at radius 1 is 1.30 bits per heavy atom. The molecule has 0 saturated carbocycles. The summed E-state index contributed by atoms with van der Waals surface area (Å²) in [5.41, 5.74) is 1.28. The molecule has 0 unspecified atom stereocenters. The van der Waals surface area contributed by atoms with Crippen molar-refractivity contribution in [2.24, 2.45) is 0 Å². The molecule has 1 saturated heterocycles. The Morgan fingerprint density at radius 2 is 2.07 bits per heavy atom. The van der Waals surface area contributed by atoms with E-state index < -0.39 is 0 Å². The second-order valence-electron chi connectivity index (χ2n) is 7.14. The number of fused-ring (bicyclic) bond motifs is 3. The second-order valence-corrected chi connectivity index (χ2v) is 8.61. The number of nitrogens with one attached hydrogen (secondary N) is 2. The van der Waals surface area contributed by atoms with Gasteiger partial charge in [0.05, 0.1) is 11.9 Å². The lowest BCUT2D eigenvalue weighted by Gasteiger charge is -2.35. The fraction of sp³-hybridized carbons (Fsp3) is 0.526. The Labute approximate surface area is 168 Å². The van der Waals surface area contributed by atoms with Gasteiger partial charge in [-0.25, -0.2) is 4.98 Å². The van der Waals surface area contributed by atoms with Gasteiger partial charge < -0.3 is 15.2 Å². The number of rotatable bonds is 4. The molecule has 2 N–H and O–H groups in total. The van der Waals surface area contributed by atoms with E-state index in [0.717, 1.165) is 60.2 Å². The second kappa shape index (κ2) is 8.08. The number of hydrogen-bond donors (Lipinski definition) is 2. The zero-order chi connectivity index (χ0) is 18.8. The summed E-state index contributed by atoms with van der Waals surface area (Å²) in [6.07, 6.45) is 6.31. The van der Waals surface area contributed by atoms with Gasteiger partial charge in [0.15, 0.2) is 5.11 Å². The number of thiophene rings is 1. The van der Waals surface area contributed by atoms with E-state index in [1.54, 1.807) is 11.3 Å². The molecule has 0 aromatic carbocycles. The monoisotopic (exact) mass is 403 g/mol. The molecule has 1 aliphatic heterocycles. The number of hydrogen-bond acceptors (Lipinski definition) is 5. The van der Waals surface area contributed by atoms with Crippen LogP contribution in [0.15, 0.2) is 17.4 Å². The normalized spacial score (nSPS) is 17.7. The Morgan fingerprint density at radius 3 is 2.85 bits per heavy atom. The topological polar surface area (TPSA) is 64.3 Å². The molecule has 0 spiro atoms. The fourth-order valence-electron chi connectivity index (χ4n) is 3.88. The first kappa shape index (κ1) is 18.6. The van der Waals surface area contributed by atoms with Crippen molar-refractivity contribution in [3.05, 3.63) is 39.3 Å². The predicted octanol–water partition coefficient (Wildman–Crippen LogP) is 2.04. The predicted molar refractivity (Wildman–Crippen MR) is 115 cm³/mol. The van der Waals surface area contributed by atoms with Gasteiger partial charge >= 0.3 is 0 Å². The lowest BCUT2D eigenvalue weighted by atomic mass is 9.97. The molecule has 2 aromatic heterocycles. The van der Waals surface area contributed by atoms with Crippen molar-refractivity contribution in [3.8, 4) is 0 Å². The highest BCUT2D eigenvalue weighted by Gasteiger charge is 2.22. The third-order valence-corrected chi connectivity index (χ3v) is 6.89. The van der Waals surface area contributed by atoms with Gasteiger partial charge in [0.25, 0.3) is 5.56 Å². The molecule has 0 bridgehead atoms. The Hall–Kier alpha value is -1.77. The van der Waals surface area contributed by atoms with Gasteiger partial charge in [-0.05, 0) is 43.5 Å². The van der Waals surface area contributed by atoms with Crippen molar-refractivity contribution >= 4 is 38.9 Å². The first-order chi connectivity index (χ1) is 13.2. The molecular weight excluding hydrogens is 378 g/mol. The Bertz CT molecular complexity index is 911. The van der Waals surface area contributed by atoms with Crippen LogP contribution in [0, 0.1) is 0 Å². The van der Waals surface area contributed by atoms with Gasteiger partial charge in [-0.3, -0.25) is 9.69 Å². The first-order valence-electron chi connectivity index (χ1n) is 9.55. The third-order valence-electron chi connectivity index (χ3n) is 5.30. The van der Waals surface area contributed by atoms with Gasteiger partial charge in [-0.15, -0.1) is 17.9 Å². The van der Waals surface area contributed by atoms with Crippen LogP contribution in [-0.2, 0) is 19.4 Å². The highest BCUT2D eigenvalue weighted by Crippen LogP contribution is 2.33. The number of H-pyrrole nitrogens is 1. The third kappa shape index (κ3) is 3.93. The van der Waals surface area contributed by atoms with E-state index in [9.17, 15) is 4.79 Å². The molecule has 0 amide bonds. The molecule has 1 fully saturated rings. The molecule has 6 nitrogen and oxygen atoms in total. The maximum atomic E-state index is 12.7. The fourth-order valence-corrected chi connectivity index (χ4v) is 5.42. The number of piperazine rings is 1. The number of thiocarbonyl (C=S) groups is 1. The lowest BCUT2D eigenvalue weighted by Crippen LogP contribution is -2.51. The van der Waals surface area contributed by atoms with Crippen molar-refractivity contribution in [1.82, 2.24) is 25.1 Å². The van der Waals surface area contributed by atoms with E-state index in [1.165, 1.54) is 23.3 Å². The molecule has 8 heteroatoms. The van der Waals surface area contributed by atoms with Crippen molar-refractivity contribution in [2.75, 3.05) is 32.7 Å². The SMILES string of the molecule is C=CCNC(=S)N1CCN(Cc2nc3sc4c(c3c(=O)[nH]2)CCCC4)CC1. The smallest absolute Gasteiger partial charge is 0.259 e. The first-order valence-corrected chi connectivity index (χ1v) is 10.8. The van der Waals surface area contributed by atoms with Crippen LogP contribution >= 0.6 is 23.6 Å². The van der Waals surface area contributed by atoms with Crippen LogP contribution in [-0.4, -0.2) is 57.6 Å². The molecule has 0 atom stereocenters. The summed E-state index contributed by atoms with van der Waals surface area (Å²) in [4.78, 5) is 27.3. The van der Waals surface area contributed by atoms with Crippen molar-refractivity contribution in [3.63, 3.8) is 0 Å². The summed E-state index contributed by atoms with van der Waals surface area (Å²) >= 11 is 7.12. The van der Waals surface area contributed by atoms with E-state index in [4.69, 9.17) is 17.2 Å². The minimum Gasteiger partial charge on any atom is -0.359 e. The van der Waals surface area contributed by atoms with Crippen LogP contribution in [0.5, 0.6) is 0 Å². The summed E-state index contributed by atoms with van der Waals surface area (Å²) in [6.45, 7) is 8.63. The Balaban J connectivity index is 1.43. The maximum Gasteiger partial charge on any atom is 0.259 e. The number of aryl methyl sites for hydroxylation is 2. The molecule has 3 heterocycles. The highest BCUT2D eigenvalue weighted by atomic mass is 32.1. The van der Waals surface area contributed by atoms with Gasteiger partial charge in [-0.1, -0.05) is 6.08 Å². The van der Waals surface area contributed by atoms with Crippen molar-refractivity contribution in [2.45, 2.75) is 32.2 Å². The number of aromatic nitrogens is 2. The molecule has 4 rings (SSSR count). The van der Waals surface area contributed by atoms with Crippen LogP contribution in [0.1, 0.15) is 29.1 Å². The summed E-state index contributed by atoms with van der Waals surface area (Å²) < 4.78 is 0. The van der Waals surface area contributed by atoms with E-state index in [-0.39, 0.29) is 5.56 Å². The van der Waals surface area contributed by atoms with Crippen molar-refractivity contribution in [1.29, 1.82) is 0 Å². The van der Waals surface area contributed by atoms with E-state index in [2.05, 4.69) is 26.7 Å². The van der Waals surface area contributed by atoms with Gasteiger partial charge in [0, 0.05) is 37.6 Å². The highest BCUT2D eigenvalue weighted by molar-refractivity contribution is 7.80.